The number of hydrogen-bond donors (Lipinski definition) is 0. The van der Waals surface area contributed by atoms with E-state index in [0.717, 1.165) is 10.8 Å². The summed E-state index contributed by atoms with van der Waals surface area (Å²) in [6.45, 7) is 0. The van der Waals surface area contributed by atoms with Gasteiger partial charge in [0.15, 0.2) is 0 Å². The zero-order valence-electron chi connectivity index (χ0n) is 24.1. The fourth-order valence-corrected chi connectivity index (χ4v) is 4.26. The first-order valence-corrected chi connectivity index (χ1v) is 10.1. The second-order valence-electron chi connectivity index (χ2n) is 7.15. The van der Waals surface area contributed by atoms with Gasteiger partial charge in [0.1, 0.15) is 5.15 Å². The monoisotopic (exact) mass is 423 g/mol. The summed E-state index contributed by atoms with van der Waals surface area (Å²) < 4.78 is 69.8. The van der Waals surface area contributed by atoms with Gasteiger partial charge in [-0.15, -0.1) is 0 Å². The molecule has 1 aromatic heterocycles. The Labute approximate surface area is 196 Å². The molecule has 6 aromatic rings. The number of nitrogens with zero attached hydrogens (tertiary/aromatic N) is 1. The van der Waals surface area contributed by atoms with Crippen LogP contribution in [-0.4, -0.2) is 4.98 Å². The van der Waals surface area contributed by atoms with E-state index in [9.17, 15) is 0 Å². The highest BCUT2D eigenvalue weighted by molar-refractivity contribution is 6.29. The van der Waals surface area contributed by atoms with Crippen molar-refractivity contribution < 1.29 is 11.0 Å². The molecule has 0 saturated heterocycles. The third kappa shape index (κ3) is 2.90. The second-order valence-corrected chi connectivity index (χ2v) is 7.53. The van der Waals surface area contributed by atoms with E-state index in [-0.39, 0.29) is 56.4 Å². The molecule has 0 bridgehead atoms. The van der Waals surface area contributed by atoms with Gasteiger partial charge < -0.3 is 0 Å². The van der Waals surface area contributed by atoms with Gasteiger partial charge in [-0.1, -0.05) is 102 Å². The highest BCUT2D eigenvalue weighted by Crippen LogP contribution is 2.44. The van der Waals surface area contributed by atoms with Gasteiger partial charge in [-0.05, 0) is 61.1 Å². The van der Waals surface area contributed by atoms with Gasteiger partial charge in [-0.2, -0.15) is 0 Å². The second kappa shape index (κ2) is 7.23. The van der Waals surface area contributed by atoms with Crippen molar-refractivity contribution in [1.29, 1.82) is 0 Å². The van der Waals surface area contributed by atoms with E-state index in [4.69, 9.17) is 22.6 Å². The molecule has 0 unspecified atom stereocenters. The summed E-state index contributed by atoms with van der Waals surface area (Å²) in [5.74, 6) is 0. The first-order chi connectivity index (χ1) is 18.6. The highest BCUT2D eigenvalue weighted by Gasteiger charge is 2.17. The van der Waals surface area contributed by atoms with E-state index in [0.29, 0.717) is 16.7 Å². The normalized spacial score (nSPS) is 15.0. The van der Waals surface area contributed by atoms with Crippen LogP contribution in [0.15, 0.2) is 109 Å². The average Bonchev–Trinajstić information content (AvgIpc) is 2.95. The Balaban J connectivity index is 2.04. The van der Waals surface area contributed by atoms with Crippen LogP contribution in [0.4, 0.5) is 0 Å². The maximum Gasteiger partial charge on any atom is 0.129 e. The van der Waals surface area contributed by atoms with Crippen molar-refractivity contribution in [3.05, 3.63) is 114 Å². The number of rotatable bonds is 2. The summed E-state index contributed by atoms with van der Waals surface area (Å²) in [5.41, 5.74) is 1.57. The number of fused-ring (bicyclic) bond motifs is 3. The van der Waals surface area contributed by atoms with E-state index in [1.54, 1.807) is 6.07 Å². The molecule has 0 spiro atoms. The molecular formula is C29H18ClN. The number of pyridine rings is 1. The molecule has 0 radical (unpaired) electrons. The molecular weight excluding hydrogens is 398 g/mol. The SMILES string of the molecule is [2H]c1c([2H])c([2H])c2c(-c3cccc4ccccc34)c3c([2H])c([2H])c([2H])c([2H])c3c(-c3ccc(Cl)nc3)c2c1[2H]. The van der Waals surface area contributed by atoms with E-state index in [1.165, 1.54) is 12.3 Å². The lowest BCUT2D eigenvalue weighted by atomic mass is 9.85. The maximum absolute atomic E-state index is 8.99. The molecule has 31 heavy (non-hydrogen) atoms. The third-order valence-corrected chi connectivity index (χ3v) is 5.67. The molecule has 6 rings (SSSR count). The summed E-state index contributed by atoms with van der Waals surface area (Å²) in [4.78, 5) is 4.16. The van der Waals surface area contributed by atoms with Gasteiger partial charge in [0.25, 0.3) is 0 Å². The summed E-state index contributed by atoms with van der Waals surface area (Å²) >= 11 is 6.05. The van der Waals surface area contributed by atoms with Crippen LogP contribution < -0.4 is 0 Å². The highest BCUT2D eigenvalue weighted by atomic mass is 35.5. The Morgan fingerprint density at radius 2 is 1.23 bits per heavy atom. The molecule has 0 aliphatic rings. The Morgan fingerprint density at radius 1 is 0.613 bits per heavy atom. The number of hydrogen-bond acceptors (Lipinski definition) is 1. The Hall–Kier alpha value is -3.68. The molecule has 0 aliphatic carbocycles. The Kier molecular flexibility index (Phi) is 2.71. The zero-order chi connectivity index (χ0) is 27.7. The van der Waals surface area contributed by atoms with Crippen LogP contribution in [0.25, 0.3) is 54.6 Å². The van der Waals surface area contributed by atoms with Gasteiger partial charge in [0.2, 0.25) is 0 Å². The van der Waals surface area contributed by atoms with E-state index in [2.05, 4.69) is 4.98 Å². The summed E-state index contributed by atoms with van der Waals surface area (Å²) in [6.07, 6.45) is 1.44. The van der Waals surface area contributed by atoms with Crippen molar-refractivity contribution in [2.75, 3.05) is 0 Å². The van der Waals surface area contributed by atoms with Gasteiger partial charge in [-0.25, -0.2) is 4.98 Å². The van der Waals surface area contributed by atoms with Crippen molar-refractivity contribution in [2.24, 2.45) is 0 Å². The van der Waals surface area contributed by atoms with Crippen molar-refractivity contribution in [1.82, 2.24) is 4.98 Å². The molecule has 1 heterocycles. The average molecular weight is 424 g/mol. The molecule has 1 nitrogen and oxygen atoms in total. The molecule has 0 saturated carbocycles. The predicted octanol–water partition coefficient (Wildman–Crippen LogP) is 8.53. The lowest BCUT2D eigenvalue weighted by molar-refractivity contribution is 1.33. The van der Waals surface area contributed by atoms with Gasteiger partial charge >= 0.3 is 0 Å². The molecule has 0 fully saturated rings. The predicted molar refractivity (Wildman–Crippen MR) is 133 cm³/mol. The fourth-order valence-electron chi connectivity index (χ4n) is 4.15. The summed E-state index contributed by atoms with van der Waals surface area (Å²) in [5, 5.41) is 2.49. The van der Waals surface area contributed by atoms with Gasteiger partial charge in [-0.3, -0.25) is 0 Å². The van der Waals surface area contributed by atoms with Crippen LogP contribution in [0.5, 0.6) is 0 Å². The topological polar surface area (TPSA) is 12.9 Å². The van der Waals surface area contributed by atoms with Crippen molar-refractivity contribution in [2.45, 2.75) is 0 Å². The number of aromatic nitrogens is 1. The molecule has 0 atom stereocenters. The standard InChI is InChI=1S/C29H18ClN/c30-27-17-16-20(18-31-27)28-23-11-3-5-13-25(23)29(26-14-6-4-12-24(26)28)22-15-7-9-19-8-1-2-10-21(19)22/h1-18H/i3D,4D,5D,6D,11D,12D,13D,14D. The molecule has 146 valence electrons. The third-order valence-electron chi connectivity index (χ3n) is 5.45. The van der Waals surface area contributed by atoms with Gasteiger partial charge in [0, 0.05) is 11.8 Å². The first kappa shape index (κ1) is 11.6. The van der Waals surface area contributed by atoms with Crippen LogP contribution in [0.3, 0.4) is 0 Å². The first-order valence-electron chi connectivity index (χ1n) is 13.7. The lowest BCUT2D eigenvalue weighted by Gasteiger charge is -2.18. The minimum atomic E-state index is -0.445. The van der Waals surface area contributed by atoms with Crippen molar-refractivity contribution in [3.8, 4) is 22.3 Å². The van der Waals surface area contributed by atoms with E-state index in [1.807, 2.05) is 42.5 Å². The minimum Gasteiger partial charge on any atom is -0.244 e. The fraction of sp³-hybridized carbons (Fsp3) is 0. The smallest absolute Gasteiger partial charge is 0.129 e. The maximum atomic E-state index is 8.99. The molecule has 5 aromatic carbocycles. The molecule has 0 N–H and O–H groups in total. The largest absolute Gasteiger partial charge is 0.244 e. The van der Waals surface area contributed by atoms with E-state index >= 15 is 0 Å². The van der Waals surface area contributed by atoms with Crippen molar-refractivity contribution >= 4 is 43.9 Å². The zero-order valence-corrected chi connectivity index (χ0v) is 16.9. The summed E-state index contributed by atoms with van der Waals surface area (Å²) in [6, 6.07) is 13.3. The number of benzene rings is 5. The molecule has 2 heteroatoms. The molecule has 0 aliphatic heterocycles. The van der Waals surface area contributed by atoms with Crippen molar-refractivity contribution in [3.63, 3.8) is 0 Å². The lowest BCUT2D eigenvalue weighted by Crippen LogP contribution is -1.92. The van der Waals surface area contributed by atoms with E-state index < -0.39 is 24.2 Å². The minimum absolute atomic E-state index is 0.144. The Bertz CT molecular complexity index is 1920. The van der Waals surface area contributed by atoms with Crippen LogP contribution in [-0.2, 0) is 0 Å². The van der Waals surface area contributed by atoms with Crippen LogP contribution in [0.1, 0.15) is 11.0 Å². The van der Waals surface area contributed by atoms with Gasteiger partial charge in [0.05, 0.1) is 11.0 Å². The summed E-state index contributed by atoms with van der Waals surface area (Å²) in [7, 11) is 0. The quantitative estimate of drug-likeness (QED) is 0.201. The number of halogens is 1. The Morgan fingerprint density at radius 3 is 1.87 bits per heavy atom. The molecule has 0 amide bonds. The van der Waals surface area contributed by atoms with Crippen LogP contribution in [0.2, 0.25) is 5.15 Å². The van der Waals surface area contributed by atoms with Crippen LogP contribution >= 0.6 is 11.6 Å². The van der Waals surface area contributed by atoms with Crippen LogP contribution in [0, 0.1) is 0 Å².